The maximum Gasteiger partial charge on any atom is 0.115 e. The van der Waals surface area contributed by atoms with Gasteiger partial charge in [-0.3, -0.25) is 0 Å². The molecule has 0 spiro atoms. The SMILES string of the molecule is N#CCCC1(c2ccc(O)cc2)CCCCC1. The topological polar surface area (TPSA) is 44.0 Å². The van der Waals surface area contributed by atoms with Crippen LogP contribution in [0.1, 0.15) is 50.5 Å². The largest absolute Gasteiger partial charge is 0.508 e. The Morgan fingerprint density at radius 1 is 1.12 bits per heavy atom. The Morgan fingerprint density at radius 3 is 2.35 bits per heavy atom. The molecule has 0 bridgehead atoms. The molecule has 1 aromatic carbocycles. The third-order valence-electron chi connectivity index (χ3n) is 4.01. The minimum Gasteiger partial charge on any atom is -0.508 e. The molecule has 0 amide bonds. The van der Waals surface area contributed by atoms with Gasteiger partial charge >= 0.3 is 0 Å². The fraction of sp³-hybridized carbons (Fsp3) is 0.533. The van der Waals surface area contributed by atoms with E-state index in [1.807, 2.05) is 12.1 Å². The fourth-order valence-corrected chi connectivity index (χ4v) is 3.02. The lowest BCUT2D eigenvalue weighted by molar-refractivity contribution is 0.276. The second-order valence-electron chi connectivity index (χ2n) is 5.05. The maximum absolute atomic E-state index is 9.36. The van der Waals surface area contributed by atoms with Gasteiger partial charge in [0.05, 0.1) is 6.07 Å². The Kier molecular flexibility index (Phi) is 3.68. The van der Waals surface area contributed by atoms with Crippen molar-refractivity contribution in [3.05, 3.63) is 29.8 Å². The first-order chi connectivity index (χ1) is 8.27. The molecular formula is C15H19NO. The van der Waals surface area contributed by atoms with Gasteiger partial charge in [-0.2, -0.15) is 5.26 Å². The first-order valence-corrected chi connectivity index (χ1v) is 6.43. The summed E-state index contributed by atoms with van der Waals surface area (Å²) >= 11 is 0. The summed E-state index contributed by atoms with van der Waals surface area (Å²) in [5.41, 5.74) is 1.48. The van der Waals surface area contributed by atoms with Crippen LogP contribution in [0, 0.1) is 11.3 Å². The Labute approximate surface area is 103 Å². The number of rotatable bonds is 3. The standard InChI is InChI=1S/C15H19NO/c16-12-4-11-15(9-2-1-3-10-15)13-5-7-14(17)8-6-13/h5-8,17H,1-4,9-11H2. The van der Waals surface area contributed by atoms with E-state index in [1.54, 1.807) is 12.1 Å². The van der Waals surface area contributed by atoms with Crippen molar-refractivity contribution in [3.8, 4) is 11.8 Å². The van der Waals surface area contributed by atoms with Gasteiger partial charge in [0.25, 0.3) is 0 Å². The average molecular weight is 229 g/mol. The van der Waals surface area contributed by atoms with Crippen molar-refractivity contribution >= 4 is 0 Å². The van der Waals surface area contributed by atoms with Gasteiger partial charge in [-0.1, -0.05) is 31.4 Å². The number of phenols is 1. The van der Waals surface area contributed by atoms with E-state index in [0.29, 0.717) is 12.2 Å². The Balaban J connectivity index is 2.25. The maximum atomic E-state index is 9.36. The van der Waals surface area contributed by atoms with E-state index >= 15 is 0 Å². The molecule has 0 radical (unpaired) electrons. The zero-order chi connectivity index (χ0) is 12.1. The quantitative estimate of drug-likeness (QED) is 0.854. The molecule has 2 rings (SSSR count). The van der Waals surface area contributed by atoms with Crippen LogP contribution in [0.2, 0.25) is 0 Å². The Bertz CT molecular complexity index is 396. The third-order valence-corrected chi connectivity index (χ3v) is 4.01. The van der Waals surface area contributed by atoms with E-state index in [2.05, 4.69) is 6.07 Å². The summed E-state index contributed by atoms with van der Waals surface area (Å²) in [5, 5.41) is 18.2. The molecule has 1 aromatic rings. The van der Waals surface area contributed by atoms with Gasteiger partial charge in [0.2, 0.25) is 0 Å². The van der Waals surface area contributed by atoms with Crippen LogP contribution in [0.3, 0.4) is 0 Å². The molecule has 0 aromatic heterocycles. The van der Waals surface area contributed by atoms with Gasteiger partial charge in [-0.15, -0.1) is 0 Å². The lowest BCUT2D eigenvalue weighted by atomic mass is 9.67. The molecular weight excluding hydrogens is 210 g/mol. The molecule has 2 nitrogen and oxygen atoms in total. The second-order valence-corrected chi connectivity index (χ2v) is 5.05. The highest BCUT2D eigenvalue weighted by molar-refractivity contribution is 5.32. The van der Waals surface area contributed by atoms with Gasteiger partial charge in [-0.25, -0.2) is 0 Å². The highest BCUT2D eigenvalue weighted by Gasteiger charge is 2.33. The summed E-state index contributed by atoms with van der Waals surface area (Å²) in [5.74, 6) is 0.319. The predicted molar refractivity (Wildman–Crippen MR) is 67.7 cm³/mol. The smallest absolute Gasteiger partial charge is 0.115 e. The normalized spacial score (nSPS) is 18.5. The lowest BCUT2D eigenvalue weighted by Gasteiger charge is -2.37. The molecule has 1 N–H and O–H groups in total. The number of phenolic OH excluding ortho intramolecular Hbond substituents is 1. The van der Waals surface area contributed by atoms with Crippen molar-refractivity contribution in [2.75, 3.05) is 0 Å². The number of benzene rings is 1. The van der Waals surface area contributed by atoms with Crippen LogP contribution in [-0.4, -0.2) is 5.11 Å². The summed E-state index contributed by atoms with van der Waals surface area (Å²) in [6.07, 6.45) is 7.76. The average Bonchev–Trinajstić information content (AvgIpc) is 2.38. The first-order valence-electron chi connectivity index (χ1n) is 6.43. The molecule has 1 saturated carbocycles. The van der Waals surface area contributed by atoms with Crippen molar-refractivity contribution in [1.82, 2.24) is 0 Å². The van der Waals surface area contributed by atoms with E-state index in [0.717, 1.165) is 6.42 Å². The zero-order valence-corrected chi connectivity index (χ0v) is 10.2. The third kappa shape index (κ3) is 2.61. The van der Waals surface area contributed by atoms with E-state index in [-0.39, 0.29) is 5.41 Å². The van der Waals surface area contributed by atoms with Crippen LogP contribution in [0.5, 0.6) is 5.75 Å². The number of nitrogens with zero attached hydrogens (tertiary/aromatic N) is 1. The molecule has 1 fully saturated rings. The predicted octanol–water partition coefficient (Wildman–Crippen LogP) is 3.90. The summed E-state index contributed by atoms with van der Waals surface area (Å²) < 4.78 is 0. The summed E-state index contributed by atoms with van der Waals surface area (Å²) in [6, 6.07) is 9.85. The van der Waals surface area contributed by atoms with Crippen molar-refractivity contribution in [2.24, 2.45) is 0 Å². The highest BCUT2D eigenvalue weighted by atomic mass is 16.3. The fourth-order valence-electron chi connectivity index (χ4n) is 3.02. The van der Waals surface area contributed by atoms with E-state index in [4.69, 9.17) is 5.26 Å². The number of aromatic hydroxyl groups is 1. The van der Waals surface area contributed by atoms with Crippen LogP contribution < -0.4 is 0 Å². The molecule has 17 heavy (non-hydrogen) atoms. The molecule has 1 aliphatic carbocycles. The van der Waals surface area contributed by atoms with Gasteiger partial charge in [0.15, 0.2) is 0 Å². The summed E-state index contributed by atoms with van der Waals surface area (Å²) in [7, 11) is 0. The lowest BCUT2D eigenvalue weighted by Crippen LogP contribution is -2.28. The van der Waals surface area contributed by atoms with Crippen LogP contribution in [0.4, 0.5) is 0 Å². The molecule has 0 heterocycles. The molecule has 0 saturated heterocycles. The van der Waals surface area contributed by atoms with Crippen LogP contribution in [0.25, 0.3) is 0 Å². The minimum atomic E-state index is 0.182. The van der Waals surface area contributed by atoms with Gasteiger partial charge in [-0.05, 0) is 42.4 Å². The molecule has 2 heteroatoms. The highest BCUT2D eigenvalue weighted by Crippen LogP contribution is 2.43. The Morgan fingerprint density at radius 2 is 1.76 bits per heavy atom. The number of hydrogen-bond acceptors (Lipinski definition) is 2. The molecule has 1 aliphatic rings. The van der Waals surface area contributed by atoms with Crippen molar-refractivity contribution < 1.29 is 5.11 Å². The Hall–Kier alpha value is -1.49. The van der Waals surface area contributed by atoms with Crippen LogP contribution in [-0.2, 0) is 5.41 Å². The van der Waals surface area contributed by atoms with Crippen molar-refractivity contribution in [1.29, 1.82) is 5.26 Å². The van der Waals surface area contributed by atoms with Crippen LogP contribution >= 0.6 is 0 Å². The monoisotopic (exact) mass is 229 g/mol. The van der Waals surface area contributed by atoms with Crippen molar-refractivity contribution in [3.63, 3.8) is 0 Å². The molecule has 0 atom stereocenters. The van der Waals surface area contributed by atoms with Crippen molar-refractivity contribution in [2.45, 2.75) is 50.4 Å². The van der Waals surface area contributed by atoms with Gasteiger partial charge < -0.3 is 5.11 Å². The van der Waals surface area contributed by atoms with E-state index in [1.165, 1.54) is 37.7 Å². The van der Waals surface area contributed by atoms with Gasteiger partial charge in [0.1, 0.15) is 5.75 Å². The molecule has 0 aliphatic heterocycles. The summed E-state index contributed by atoms with van der Waals surface area (Å²) in [6.45, 7) is 0. The van der Waals surface area contributed by atoms with Crippen LogP contribution in [0.15, 0.2) is 24.3 Å². The number of nitriles is 1. The second kappa shape index (κ2) is 5.23. The zero-order valence-electron chi connectivity index (χ0n) is 10.2. The van der Waals surface area contributed by atoms with Gasteiger partial charge in [0, 0.05) is 6.42 Å². The number of hydrogen-bond donors (Lipinski definition) is 1. The first kappa shape index (κ1) is 12.0. The summed E-state index contributed by atoms with van der Waals surface area (Å²) in [4.78, 5) is 0. The molecule has 90 valence electrons. The van der Waals surface area contributed by atoms with E-state index in [9.17, 15) is 5.11 Å². The van der Waals surface area contributed by atoms with E-state index < -0.39 is 0 Å². The minimum absolute atomic E-state index is 0.182. The molecule has 0 unspecified atom stereocenters.